The molecule has 128 valence electrons. The van der Waals surface area contributed by atoms with Gasteiger partial charge < -0.3 is 21.3 Å². The molecule has 2 atom stereocenters. The molecule has 0 rings (SSSR count). The molecule has 0 saturated heterocycles. The highest BCUT2D eigenvalue weighted by Gasteiger charge is 2.35. The van der Waals surface area contributed by atoms with Gasteiger partial charge in [0, 0.05) is 19.6 Å². The summed E-state index contributed by atoms with van der Waals surface area (Å²) in [6, 6.07) is -0.658. The number of hydrogen-bond acceptors (Lipinski definition) is 4. The van der Waals surface area contributed by atoms with Crippen molar-refractivity contribution in [2.75, 3.05) is 27.2 Å². The van der Waals surface area contributed by atoms with Crippen molar-refractivity contribution in [3.05, 3.63) is 11.6 Å². The van der Waals surface area contributed by atoms with Gasteiger partial charge in [0.1, 0.15) is 6.04 Å². The molecule has 2 amide bonds. The molecule has 0 fully saturated rings. The molecular weight excluding hydrogens is 280 g/mol. The number of nitrogens with zero attached hydrogens (tertiary/aromatic N) is 1. The second-order valence-electron chi connectivity index (χ2n) is 6.80. The fraction of sp³-hybridized carbons (Fsp3) is 0.750. The number of likely N-dealkylation sites (N-methyl/N-ethyl adjacent to an activating group) is 2. The third-order valence-corrected chi connectivity index (χ3v) is 3.56. The Morgan fingerprint density at radius 3 is 2.27 bits per heavy atom. The standard InChI is InChI=1S/C16H32N4O2/c1-11(9-17)8-12(2)20(7)15(22)14(16(3,4)5)19-13(21)10-18-6/h8,12,14,18H,9-10,17H2,1-7H3,(H,19,21)/b11-8+. The molecular formula is C16H32N4O2. The molecule has 0 aromatic rings. The zero-order chi connectivity index (χ0) is 17.5. The van der Waals surface area contributed by atoms with Crippen LogP contribution in [0.5, 0.6) is 0 Å². The van der Waals surface area contributed by atoms with Gasteiger partial charge in [0.2, 0.25) is 11.8 Å². The SMILES string of the molecule is CNCC(=O)NC(C(=O)N(C)C(C)/C=C(\C)CN)C(C)(C)C. The summed E-state index contributed by atoms with van der Waals surface area (Å²) >= 11 is 0. The molecule has 0 spiro atoms. The van der Waals surface area contributed by atoms with E-state index in [4.69, 9.17) is 5.73 Å². The largest absolute Gasteiger partial charge is 0.343 e. The summed E-state index contributed by atoms with van der Waals surface area (Å²) in [5, 5.41) is 5.61. The molecule has 6 heteroatoms. The second kappa shape index (κ2) is 8.90. The lowest BCUT2D eigenvalue weighted by Crippen LogP contribution is -2.56. The highest BCUT2D eigenvalue weighted by molar-refractivity contribution is 5.89. The molecule has 22 heavy (non-hydrogen) atoms. The van der Waals surface area contributed by atoms with Gasteiger partial charge in [-0.15, -0.1) is 0 Å². The highest BCUT2D eigenvalue weighted by Crippen LogP contribution is 2.21. The van der Waals surface area contributed by atoms with Crippen molar-refractivity contribution in [1.29, 1.82) is 0 Å². The van der Waals surface area contributed by atoms with Crippen molar-refractivity contribution in [3.8, 4) is 0 Å². The van der Waals surface area contributed by atoms with Gasteiger partial charge in [-0.2, -0.15) is 0 Å². The lowest BCUT2D eigenvalue weighted by atomic mass is 9.85. The lowest BCUT2D eigenvalue weighted by Gasteiger charge is -2.35. The van der Waals surface area contributed by atoms with Crippen LogP contribution in [0.2, 0.25) is 0 Å². The Hall–Kier alpha value is -1.40. The van der Waals surface area contributed by atoms with Crippen molar-refractivity contribution < 1.29 is 9.59 Å². The van der Waals surface area contributed by atoms with E-state index in [1.54, 1.807) is 19.0 Å². The predicted molar refractivity (Wildman–Crippen MR) is 90.4 cm³/mol. The number of nitrogens with two attached hydrogens (primary N) is 1. The van der Waals surface area contributed by atoms with E-state index in [1.165, 1.54) is 0 Å². The normalized spacial score (nSPS) is 15.2. The molecule has 0 radical (unpaired) electrons. The van der Waals surface area contributed by atoms with E-state index < -0.39 is 6.04 Å². The molecule has 2 unspecified atom stereocenters. The first-order valence-electron chi connectivity index (χ1n) is 7.62. The van der Waals surface area contributed by atoms with E-state index in [0.717, 1.165) is 5.57 Å². The maximum absolute atomic E-state index is 12.8. The molecule has 0 aromatic heterocycles. The zero-order valence-corrected chi connectivity index (χ0v) is 15.0. The van der Waals surface area contributed by atoms with E-state index in [-0.39, 0.29) is 29.8 Å². The molecule has 0 aliphatic rings. The van der Waals surface area contributed by atoms with Gasteiger partial charge in [0.05, 0.1) is 6.54 Å². The van der Waals surface area contributed by atoms with E-state index in [1.807, 2.05) is 40.7 Å². The van der Waals surface area contributed by atoms with Gasteiger partial charge in [-0.05, 0) is 26.3 Å². The van der Waals surface area contributed by atoms with Crippen LogP contribution in [0.15, 0.2) is 11.6 Å². The molecule has 0 bridgehead atoms. The van der Waals surface area contributed by atoms with E-state index in [2.05, 4.69) is 10.6 Å². The summed E-state index contributed by atoms with van der Waals surface area (Å²) < 4.78 is 0. The van der Waals surface area contributed by atoms with E-state index in [9.17, 15) is 9.59 Å². The fourth-order valence-electron chi connectivity index (χ4n) is 2.02. The molecule has 0 aromatic carbocycles. The van der Waals surface area contributed by atoms with Gasteiger partial charge >= 0.3 is 0 Å². The summed E-state index contributed by atoms with van der Waals surface area (Å²) in [6.07, 6.45) is 1.97. The van der Waals surface area contributed by atoms with Crippen LogP contribution in [-0.2, 0) is 9.59 Å². The van der Waals surface area contributed by atoms with Crippen molar-refractivity contribution in [1.82, 2.24) is 15.5 Å². The minimum atomic E-state index is -0.576. The van der Waals surface area contributed by atoms with Gasteiger partial charge in [-0.25, -0.2) is 0 Å². The Balaban J connectivity index is 5.15. The van der Waals surface area contributed by atoms with Crippen molar-refractivity contribution >= 4 is 11.8 Å². The average molecular weight is 312 g/mol. The Labute approximate surface area is 134 Å². The summed E-state index contributed by atoms with van der Waals surface area (Å²) in [5.74, 6) is -0.295. The van der Waals surface area contributed by atoms with Crippen LogP contribution < -0.4 is 16.4 Å². The maximum atomic E-state index is 12.8. The van der Waals surface area contributed by atoms with Crippen molar-refractivity contribution in [3.63, 3.8) is 0 Å². The van der Waals surface area contributed by atoms with Crippen molar-refractivity contribution in [2.45, 2.75) is 46.7 Å². The molecule has 4 N–H and O–H groups in total. The maximum Gasteiger partial charge on any atom is 0.245 e. The number of hydrogen-bond donors (Lipinski definition) is 3. The predicted octanol–water partition coefficient (Wildman–Crippen LogP) is 0.489. The first kappa shape index (κ1) is 20.6. The summed E-state index contributed by atoms with van der Waals surface area (Å²) in [5.41, 5.74) is 6.24. The van der Waals surface area contributed by atoms with Crippen molar-refractivity contribution in [2.24, 2.45) is 11.1 Å². The highest BCUT2D eigenvalue weighted by atomic mass is 16.2. The van der Waals surface area contributed by atoms with Crippen LogP contribution in [0.1, 0.15) is 34.6 Å². The van der Waals surface area contributed by atoms with Crippen LogP contribution >= 0.6 is 0 Å². The molecule has 0 heterocycles. The third-order valence-electron chi connectivity index (χ3n) is 3.56. The average Bonchev–Trinajstić information content (AvgIpc) is 2.42. The molecule has 0 saturated carbocycles. The van der Waals surface area contributed by atoms with Crippen LogP contribution in [0, 0.1) is 5.41 Å². The van der Waals surface area contributed by atoms with Crippen LogP contribution in [-0.4, -0.2) is 56.0 Å². The Kier molecular flexibility index (Phi) is 8.34. The summed E-state index contributed by atoms with van der Waals surface area (Å²) in [6.45, 7) is 10.3. The Bertz CT molecular complexity index is 413. The quantitative estimate of drug-likeness (QED) is 0.597. The first-order chi connectivity index (χ1) is 10.0. The van der Waals surface area contributed by atoms with Gasteiger partial charge in [-0.3, -0.25) is 9.59 Å². The third kappa shape index (κ3) is 6.58. The Morgan fingerprint density at radius 1 is 1.32 bits per heavy atom. The van der Waals surface area contributed by atoms with Crippen LogP contribution in [0.3, 0.4) is 0 Å². The first-order valence-corrected chi connectivity index (χ1v) is 7.62. The molecule has 6 nitrogen and oxygen atoms in total. The second-order valence-corrected chi connectivity index (χ2v) is 6.80. The monoisotopic (exact) mass is 312 g/mol. The van der Waals surface area contributed by atoms with E-state index >= 15 is 0 Å². The molecule has 0 aliphatic carbocycles. The number of rotatable bonds is 7. The number of carbonyl (C=O) groups excluding carboxylic acids is 2. The van der Waals surface area contributed by atoms with Gasteiger partial charge in [-0.1, -0.05) is 32.4 Å². The summed E-state index contributed by atoms with van der Waals surface area (Å²) in [7, 11) is 3.44. The van der Waals surface area contributed by atoms with E-state index in [0.29, 0.717) is 6.54 Å². The topological polar surface area (TPSA) is 87.5 Å². The molecule has 0 aliphatic heterocycles. The minimum Gasteiger partial charge on any atom is -0.343 e. The number of carbonyl (C=O) groups is 2. The fourth-order valence-corrected chi connectivity index (χ4v) is 2.02. The zero-order valence-electron chi connectivity index (χ0n) is 15.0. The van der Waals surface area contributed by atoms with Gasteiger partial charge in [0.15, 0.2) is 0 Å². The van der Waals surface area contributed by atoms with Crippen LogP contribution in [0.25, 0.3) is 0 Å². The van der Waals surface area contributed by atoms with Crippen LogP contribution in [0.4, 0.5) is 0 Å². The Morgan fingerprint density at radius 2 is 1.86 bits per heavy atom. The van der Waals surface area contributed by atoms with Gasteiger partial charge in [0.25, 0.3) is 0 Å². The summed E-state index contributed by atoms with van der Waals surface area (Å²) in [4.78, 5) is 26.3. The lowest BCUT2D eigenvalue weighted by molar-refractivity contribution is -0.139. The number of nitrogens with one attached hydrogen (secondary N) is 2. The minimum absolute atomic E-state index is 0.0814. The number of amides is 2. The smallest absolute Gasteiger partial charge is 0.245 e.